The topological polar surface area (TPSA) is 75.7 Å². The Bertz CT molecular complexity index is 1120. The van der Waals surface area contributed by atoms with Gasteiger partial charge in [-0.1, -0.05) is 18.2 Å². The fraction of sp³-hybridized carbons (Fsp3) is 0.174. The first-order chi connectivity index (χ1) is 15.4. The first-order valence-electron chi connectivity index (χ1n) is 9.77. The van der Waals surface area contributed by atoms with E-state index in [1.807, 2.05) is 30.3 Å². The van der Waals surface area contributed by atoms with Crippen molar-refractivity contribution in [3.63, 3.8) is 0 Å². The molecule has 1 amide bonds. The van der Waals surface area contributed by atoms with E-state index in [-0.39, 0.29) is 10.6 Å². The highest BCUT2D eigenvalue weighted by atomic mass is 32.2. The second-order valence-electron chi connectivity index (χ2n) is 6.68. The van der Waals surface area contributed by atoms with E-state index in [9.17, 15) is 17.6 Å². The Hall–Kier alpha value is -3.04. The molecule has 0 saturated carbocycles. The fourth-order valence-corrected chi connectivity index (χ4v) is 5.07. The minimum atomic E-state index is -4.07. The lowest BCUT2D eigenvalue weighted by Gasteiger charge is -2.24. The lowest BCUT2D eigenvalue weighted by molar-refractivity contribution is -0.119. The Balaban J connectivity index is 1.72. The van der Waals surface area contributed by atoms with Gasteiger partial charge in [0.25, 0.3) is 10.0 Å². The summed E-state index contributed by atoms with van der Waals surface area (Å²) < 4.78 is 46.0. The zero-order valence-corrected chi connectivity index (χ0v) is 19.0. The van der Waals surface area contributed by atoms with Gasteiger partial charge >= 0.3 is 0 Å². The lowest BCUT2D eigenvalue weighted by atomic mass is 10.3. The molecule has 0 unspecified atom stereocenters. The van der Waals surface area contributed by atoms with Crippen molar-refractivity contribution in [1.29, 1.82) is 0 Å². The van der Waals surface area contributed by atoms with E-state index < -0.39 is 28.3 Å². The molecule has 6 nitrogen and oxygen atoms in total. The third-order valence-corrected chi connectivity index (χ3v) is 7.29. The van der Waals surface area contributed by atoms with Crippen molar-refractivity contribution in [3.05, 3.63) is 84.7 Å². The molecule has 0 aromatic heterocycles. The van der Waals surface area contributed by atoms with Crippen LogP contribution in [-0.2, 0) is 14.8 Å². The maximum Gasteiger partial charge on any atom is 0.264 e. The number of halogens is 1. The number of rotatable bonds is 10. The zero-order chi connectivity index (χ0) is 23.0. The third kappa shape index (κ3) is 6.24. The number of ether oxygens (including phenoxy) is 1. The predicted molar refractivity (Wildman–Crippen MR) is 124 cm³/mol. The Morgan fingerprint density at radius 3 is 2.28 bits per heavy atom. The van der Waals surface area contributed by atoms with E-state index in [1.54, 1.807) is 11.8 Å². The number of methoxy groups -OCH3 is 1. The van der Waals surface area contributed by atoms with Gasteiger partial charge in [-0.25, -0.2) is 12.8 Å². The molecule has 0 heterocycles. The van der Waals surface area contributed by atoms with Gasteiger partial charge in [0.05, 0.1) is 17.7 Å². The first-order valence-corrected chi connectivity index (χ1v) is 12.2. The van der Waals surface area contributed by atoms with Crippen LogP contribution in [0.4, 0.5) is 10.1 Å². The van der Waals surface area contributed by atoms with Crippen molar-refractivity contribution >= 4 is 33.4 Å². The third-order valence-electron chi connectivity index (χ3n) is 4.49. The average Bonchev–Trinajstić information content (AvgIpc) is 2.81. The van der Waals surface area contributed by atoms with Crippen LogP contribution in [0.1, 0.15) is 0 Å². The molecule has 0 aliphatic carbocycles. The summed E-state index contributed by atoms with van der Waals surface area (Å²) in [6, 6.07) is 20.6. The van der Waals surface area contributed by atoms with Crippen LogP contribution in [0.3, 0.4) is 0 Å². The Labute approximate surface area is 191 Å². The first kappa shape index (κ1) is 23.6. The highest BCUT2D eigenvalue weighted by Crippen LogP contribution is 2.25. The maximum absolute atomic E-state index is 13.4. The molecule has 32 heavy (non-hydrogen) atoms. The Morgan fingerprint density at radius 2 is 1.66 bits per heavy atom. The molecule has 168 valence electrons. The number of benzene rings is 3. The number of thioether (sulfide) groups is 1. The van der Waals surface area contributed by atoms with Gasteiger partial charge in [-0.3, -0.25) is 9.10 Å². The average molecular weight is 475 g/mol. The second-order valence-corrected chi connectivity index (χ2v) is 9.71. The van der Waals surface area contributed by atoms with Gasteiger partial charge in [0.15, 0.2) is 0 Å². The van der Waals surface area contributed by atoms with Gasteiger partial charge in [0.2, 0.25) is 5.91 Å². The monoisotopic (exact) mass is 474 g/mol. The summed E-state index contributed by atoms with van der Waals surface area (Å²) in [6.07, 6.45) is 0. The largest absolute Gasteiger partial charge is 0.497 e. The number of carbonyl (C=O) groups is 1. The molecule has 3 rings (SSSR count). The number of nitrogens with zero attached hydrogens (tertiary/aromatic N) is 1. The molecule has 9 heteroatoms. The van der Waals surface area contributed by atoms with Crippen molar-refractivity contribution in [3.8, 4) is 5.75 Å². The summed E-state index contributed by atoms with van der Waals surface area (Å²) in [5, 5.41) is 2.75. The van der Waals surface area contributed by atoms with Crippen molar-refractivity contribution in [2.45, 2.75) is 9.79 Å². The van der Waals surface area contributed by atoms with Gasteiger partial charge in [-0.05, 0) is 60.7 Å². The number of amides is 1. The normalized spacial score (nSPS) is 11.1. The van der Waals surface area contributed by atoms with E-state index >= 15 is 0 Å². The summed E-state index contributed by atoms with van der Waals surface area (Å²) in [5.41, 5.74) is 0.191. The molecule has 0 radical (unpaired) electrons. The van der Waals surface area contributed by atoms with Crippen LogP contribution in [0.15, 0.2) is 88.7 Å². The van der Waals surface area contributed by atoms with Crippen molar-refractivity contribution in [2.24, 2.45) is 0 Å². The van der Waals surface area contributed by atoms with Crippen LogP contribution in [-0.4, -0.2) is 40.3 Å². The van der Waals surface area contributed by atoms with E-state index in [1.165, 1.54) is 43.5 Å². The fourth-order valence-electron chi connectivity index (χ4n) is 2.86. The molecule has 0 spiro atoms. The number of nitrogens with one attached hydrogen (secondary N) is 1. The van der Waals surface area contributed by atoms with Crippen LogP contribution in [0.2, 0.25) is 0 Å². The molecule has 3 aromatic carbocycles. The molecule has 0 aliphatic rings. The minimum Gasteiger partial charge on any atom is -0.497 e. The summed E-state index contributed by atoms with van der Waals surface area (Å²) >= 11 is 1.59. The molecule has 0 atom stereocenters. The van der Waals surface area contributed by atoms with E-state index in [4.69, 9.17) is 4.74 Å². The number of hydrogen-bond acceptors (Lipinski definition) is 5. The zero-order valence-electron chi connectivity index (χ0n) is 17.4. The van der Waals surface area contributed by atoms with E-state index in [0.717, 1.165) is 21.3 Å². The van der Waals surface area contributed by atoms with Gasteiger partial charge in [-0.2, -0.15) is 0 Å². The van der Waals surface area contributed by atoms with Gasteiger partial charge in [0.1, 0.15) is 18.1 Å². The minimum absolute atomic E-state index is 0.00458. The Kier molecular flexibility index (Phi) is 8.13. The molecule has 3 aromatic rings. The number of carbonyl (C=O) groups excluding carboxylic acids is 1. The van der Waals surface area contributed by atoms with Crippen LogP contribution in [0.5, 0.6) is 5.75 Å². The second kappa shape index (κ2) is 11.0. The standard InChI is InChI=1S/C23H23FN2O4S2/c1-30-20-11-13-22(14-12-20)32(28,29)26(19-9-7-18(24)8-10-19)17-23(27)25-15-16-31-21-5-3-2-4-6-21/h2-14H,15-17H2,1H3,(H,25,27). The SMILES string of the molecule is COc1ccc(S(=O)(=O)N(CC(=O)NCCSc2ccccc2)c2ccc(F)cc2)cc1. The molecule has 0 saturated heterocycles. The van der Waals surface area contributed by atoms with E-state index in [0.29, 0.717) is 18.0 Å². The molecular weight excluding hydrogens is 451 g/mol. The van der Waals surface area contributed by atoms with Crippen LogP contribution in [0, 0.1) is 5.82 Å². The molecule has 0 bridgehead atoms. The highest BCUT2D eigenvalue weighted by molar-refractivity contribution is 7.99. The molecule has 1 N–H and O–H groups in total. The molecule has 0 fully saturated rings. The number of sulfonamides is 1. The lowest BCUT2D eigenvalue weighted by Crippen LogP contribution is -2.41. The smallest absolute Gasteiger partial charge is 0.264 e. The summed E-state index contributed by atoms with van der Waals surface area (Å²) in [6.45, 7) is -0.0613. The maximum atomic E-state index is 13.4. The predicted octanol–water partition coefficient (Wildman–Crippen LogP) is 3.94. The van der Waals surface area contributed by atoms with Gasteiger partial charge < -0.3 is 10.1 Å². The number of anilines is 1. The van der Waals surface area contributed by atoms with Crippen molar-refractivity contribution < 1.29 is 22.3 Å². The van der Waals surface area contributed by atoms with Crippen LogP contribution < -0.4 is 14.4 Å². The van der Waals surface area contributed by atoms with Crippen LogP contribution >= 0.6 is 11.8 Å². The molecular formula is C23H23FN2O4S2. The van der Waals surface area contributed by atoms with Gasteiger partial charge in [0, 0.05) is 17.2 Å². The summed E-state index contributed by atoms with van der Waals surface area (Å²) in [4.78, 5) is 13.6. The summed E-state index contributed by atoms with van der Waals surface area (Å²) in [5.74, 6) is 0.182. The number of hydrogen-bond donors (Lipinski definition) is 1. The Morgan fingerprint density at radius 1 is 1.00 bits per heavy atom. The van der Waals surface area contributed by atoms with Crippen LogP contribution in [0.25, 0.3) is 0 Å². The van der Waals surface area contributed by atoms with Crippen molar-refractivity contribution in [2.75, 3.05) is 30.3 Å². The van der Waals surface area contributed by atoms with Crippen molar-refractivity contribution in [1.82, 2.24) is 5.32 Å². The molecule has 0 aliphatic heterocycles. The quantitative estimate of drug-likeness (QED) is 0.356. The van der Waals surface area contributed by atoms with Gasteiger partial charge in [-0.15, -0.1) is 11.8 Å². The summed E-state index contributed by atoms with van der Waals surface area (Å²) in [7, 11) is -2.59. The highest BCUT2D eigenvalue weighted by Gasteiger charge is 2.27. The van der Waals surface area contributed by atoms with E-state index in [2.05, 4.69) is 5.32 Å².